The number of carbonyl (C=O) groups excluding carboxylic acids is 2. The number of carbonyl (C=O) groups is 2. The average molecular weight is 400 g/mol. The van der Waals surface area contributed by atoms with Crippen LogP contribution in [0.5, 0.6) is 0 Å². The van der Waals surface area contributed by atoms with Gasteiger partial charge in [-0.15, -0.1) is 0 Å². The van der Waals surface area contributed by atoms with Gasteiger partial charge in [0.1, 0.15) is 0 Å². The highest BCUT2D eigenvalue weighted by molar-refractivity contribution is 6.32. The van der Waals surface area contributed by atoms with E-state index in [1.54, 1.807) is 24.3 Å². The summed E-state index contributed by atoms with van der Waals surface area (Å²) in [4.78, 5) is 23.4. The molecule has 1 aromatic carbocycles. The minimum atomic E-state index is -4.63. The van der Waals surface area contributed by atoms with Gasteiger partial charge in [0, 0.05) is 23.6 Å². The lowest BCUT2D eigenvalue weighted by Gasteiger charge is -2.08. The molecule has 2 aromatic rings. The highest BCUT2D eigenvalue weighted by atomic mass is 35.5. The molecule has 0 saturated heterocycles. The second-order valence-corrected chi connectivity index (χ2v) is 6.85. The highest BCUT2D eigenvalue weighted by Crippen LogP contribution is 2.46. The Bertz CT molecular complexity index is 871. The molecular formula is C18H17ClF3N3O2. The summed E-state index contributed by atoms with van der Waals surface area (Å²) in [7, 11) is 0. The number of halogens is 4. The van der Waals surface area contributed by atoms with Crippen LogP contribution in [0, 0.1) is 0 Å². The molecule has 1 aliphatic carbocycles. The number of ketones is 1. The first-order chi connectivity index (χ1) is 12.7. The van der Waals surface area contributed by atoms with Gasteiger partial charge in [-0.05, 0) is 44.0 Å². The molecule has 0 radical (unpaired) electrons. The molecule has 1 N–H and O–H groups in total. The maximum atomic E-state index is 13.0. The number of benzene rings is 1. The van der Waals surface area contributed by atoms with Crippen molar-refractivity contribution in [1.82, 2.24) is 9.78 Å². The van der Waals surface area contributed by atoms with E-state index in [1.807, 2.05) is 0 Å². The quantitative estimate of drug-likeness (QED) is 0.718. The first kappa shape index (κ1) is 19.4. The molecule has 1 aromatic heterocycles. The fourth-order valence-corrected chi connectivity index (χ4v) is 3.17. The number of rotatable bonds is 6. The van der Waals surface area contributed by atoms with Crippen molar-refractivity contribution in [1.29, 1.82) is 0 Å². The van der Waals surface area contributed by atoms with Gasteiger partial charge in [-0.3, -0.25) is 14.3 Å². The van der Waals surface area contributed by atoms with Crippen LogP contribution in [0.15, 0.2) is 24.3 Å². The molecule has 0 spiro atoms. The van der Waals surface area contributed by atoms with Crippen molar-refractivity contribution in [3.63, 3.8) is 0 Å². The number of nitrogens with zero attached hydrogens (tertiary/aromatic N) is 2. The Balaban J connectivity index is 1.67. The Hall–Kier alpha value is -2.35. The van der Waals surface area contributed by atoms with Gasteiger partial charge in [0.25, 0.3) is 0 Å². The monoisotopic (exact) mass is 399 g/mol. The largest absolute Gasteiger partial charge is 0.436 e. The third-order valence-corrected chi connectivity index (χ3v) is 4.66. The lowest BCUT2D eigenvalue weighted by Crippen LogP contribution is -2.16. The molecule has 1 heterocycles. The number of nitrogens with one attached hydrogen (secondary N) is 1. The highest BCUT2D eigenvalue weighted by Gasteiger charge is 2.41. The van der Waals surface area contributed by atoms with Crippen LogP contribution in [0.25, 0.3) is 0 Å². The Kier molecular flexibility index (Phi) is 5.28. The molecule has 1 amide bonds. The topological polar surface area (TPSA) is 64.0 Å². The summed E-state index contributed by atoms with van der Waals surface area (Å²) in [5.74, 6) is -0.493. The van der Waals surface area contributed by atoms with Crippen LogP contribution >= 0.6 is 11.6 Å². The number of aryl methyl sites for hydroxylation is 1. The Morgan fingerprint density at radius 2 is 1.89 bits per heavy atom. The summed E-state index contributed by atoms with van der Waals surface area (Å²) in [6.07, 6.45) is -3.16. The number of aromatic nitrogens is 2. The molecule has 27 heavy (non-hydrogen) atoms. The van der Waals surface area contributed by atoms with E-state index in [0.717, 1.165) is 12.8 Å². The van der Waals surface area contributed by atoms with Crippen molar-refractivity contribution >= 4 is 29.0 Å². The summed E-state index contributed by atoms with van der Waals surface area (Å²) in [5, 5.41) is 5.87. The van der Waals surface area contributed by atoms with Gasteiger partial charge in [-0.2, -0.15) is 18.3 Å². The summed E-state index contributed by atoms with van der Waals surface area (Å²) >= 11 is 5.90. The smallest absolute Gasteiger partial charge is 0.326 e. The average Bonchev–Trinajstić information content (AvgIpc) is 3.35. The van der Waals surface area contributed by atoms with E-state index in [4.69, 9.17) is 11.6 Å². The van der Waals surface area contributed by atoms with Gasteiger partial charge < -0.3 is 5.32 Å². The minimum Gasteiger partial charge on any atom is -0.326 e. The predicted octanol–water partition coefficient (Wildman–Crippen LogP) is 4.66. The van der Waals surface area contributed by atoms with Crippen LogP contribution in [-0.4, -0.2) is 21.5 Å². The molecule has 0 aliphatic heterocycles. The summed E-state index contributed by atoms with van der Waals surface area (Å²) in [5.41, 5.74) is 0.267. The van der Waals surface area contributed by atoms with Crippen molar-refractivity contribution in [3.05, 3.63) is 46.2 Å². The first-order valence-electron chi connectivity index (χ1n) is 8.41. The van der Waals surface area contributed by atoms with Crippen molar-refractivity contribution < 1.29 is 22.8 Å². The van der Waals surface area contributed by atoms with Gasteiger partial charge >= 0.3 is 6.18 Å². The van der Waals surface area contributed by atoms with E-state index in [-0.39, 0.29) is 35.6 Å². The fourth-order valence-electron chi connectivity index (χ4n) is 2.77. The molecule has 1 saturated carbocycles. The summed E-state index contributed by atoms with van der Waals surface area (Å²) < 4.78 is 40.3. The zero-order valence-electron chi connectivity index (χ0n) is 14.4. The van der Waals surface area contributed by atoms with Crippen LogP contribution in [0.2, 0.25) is 5.02 Å². The Morgan fingerprint density at radius 1 is 1.26 bits per heavy atom. The van der Waals surface area contributed by atoms with Crippen LogP contribution < -0.4 is 5.32 Å². The number of Topliss-reactive ketones (excluding diaryl/α,β-unsaturated/α-hetero) is 1. The predicted molar refractivity (Wildman–Crippen MR) is 93.9 cm³/mol. The number of hydrogen-bond acceptors (Lipinski definition) is 3. The zero-order chi connectivity index (χ0) is 19.8. The molecular weight excluding hydrogens is 383 g/mol. The molecule has 144 valence electrons. The minimum absolute atomic E-state index is 0.000996. The Morgan fingerprint density at radius 3 is 2.41 bits per heavy atom. The van der Waals surface area contributed by atoms with Crippen molar-refractivity contribution in [2.45, 2.75) is 44.8 Å². The van der Waals surface area contributed by atoms with E-state index in [9.17, 15) is 22.8 Å². The van der Waals surface area contributed by atoms with E-state index in [0.29, 0.717) is 16.9 Å². The van der Waals surface area contributed by atoms with Crippen LogP contribution in [-0.2, 0) is 17.5 Å². The second-order valence-electron chi connectivity index (χ2n) is 6.47. The van der Waals surface area contributed by atoms with Gasteiger partial charge in [-0.1, -0.05) is 11.6 Å². The number of hydrogen-bond donors (Lipinski definition) is 1. The van der Waals surface area contributed by atoms with E-state index < -0.39 is 11.9 Å². The van der Waals surface area contributed by atoms with Crippen LogP contribution in [0.3, 0.4) is 0 Å². The molecule has 0 bridgehead atoms. The third-order valence-electron chi connectivity index (χ3n) is 4.29. The lowest BCUT2D eigenvalue weighted by molar-refractivity contribution is -0.141. The second kappa shape index (κ2) is 7.34. The number of alkyl halides is 3. The van der Waals surface area contributed by atoms with Crippen molar-refractivity contribution in [3.8, 4) is 0 Å². The van der Waals surface area contributed by atoms with E-state index in [1.165, 1.54) is 11.6 Å². The summed E-state index contributed by atoms with van der Waals surface area (Å²) in [6.45, 7) is 1.44. The maximum Gasteiger partial charge on any atom is 0.436 e. The third kappa shape index (κ3) is 4.50. The fraction of sp³-hybridized carbons (Fsp3) is 0.389. The Labute approximate surface area is 158 Å². The maximum absolute atomic E-state index is 13.0. The normalized spacial score (nSPS) is 14.3. The standard InChI is InChI=1S/C18H17ClF3N3O2/c1-10(26)11-4-6-13(7-5-11)23-14(27)8-9-25-16(12-2-3-12)15(19)17(24-25)18(20,21)22/h4-7,12H,2-3,8-9H2,1H3,(H,23,27). The SMILES string of the molecule is CC(=O)c1ccc(NC(=O)CCn2nc(C(F)(F)F)c(Cl)c2C2CC2)cc1. The van der Waals surface area contributed by atoms with E-state index in [2.05, 4.69) is 10.4 Å². The summed E-state index contributed by atoms with van der Waals surface area (Å²) in [6, 6.07) is 6.37. The molecule has 1 fully saturated rings. The number of amides is 1. The molecule has 0 unspecified atom stereocenters. The molecule has 1 aliphatic rings. The van der Waals surface area contributed by atoms with E-state index >= 15 is 0 Å². The molecule has 9 heteroatoms. The van der Waals surface area contributed by atoms with Gasteiger partial charge in [0.05, 0.1) is 17.3 Å². The van der Waals surface area contributed by atoms with Crippen LogP contribution in [0.1, 0.15) is 53.8 Å². The number of anilines is 1. The van der Waals surface area contributed by atoms with Crippen molar-refractivity contribution in [2.24, 2.45) is 0 Å². The molecule has 3 rings (SSSR count). The van der Waals surface area contributed by atoms with Gasteiger partial charge in [0.15, 0.2) is 11.5 Å². The molecule has 0 atom stereocenters. The van der Waals surface area contributed by atoms with Gasteiger partial charge in [0.2, 0.25) is 5.91 Å². The zero-order valence-corrected chi connectivity index (χ0v) is 15.2. The molecule has 5 nitrogen and oxygen atoms in total. The lowest BCUT2D eigenvalue weighted by atomic mass is 10.1. The van der Waals surface area contributed by atoms with Crippen LogP contribution in [0.4, 0.5) is 18.9 Å². The van der Waals surface area contributed by atoms with Crippen molar-refractivity contribution in [2.75, 3.05) is 5.32 Å². The van der Waals surface area contributed by atoms with Gasteiger partial charge in [-0.25, -0.2) is 0 Å². The first-order valence-corrected chi connectivity index (χ1v) is 8.79.